The number of rotatable bonds is 3. The molecule has 0 saturated carbocycles. The number of benzene rings is 1. The first-order chi connectivity index (χ1) is 13.2. The van der Waals surface area contributed by atoms with Gasteiger partial charge in [-0.05, 0) is 38.8 Å². The van der Waals surface area contributed by atoms with Crippen LogP contribution in [0.5, 0.6) is 0 Å². The molecule has 28 heavy (non-hydrogen) atoms. The minimum Gasteiger partial charge on any atom is -0.350 e. The number of imidazole rings is 1. The number of fused-ring (bicyclic) bond motifs is 1. The molecule has 3 heterocycles. The molecule has 0 bridgehead atoms. The van der Waals surface area contributed by atoms with Gasteiger partial charge in [-0.1, -0.05) is 12.1 Å². The zero-order chi connectivity index (χ0) is 19.9. The van der Waals surface area contributed by atoms with Gasteiger partial charge in [0.2, 0.25) is 5.95 Å². The molecule has 0 aliphatic carbocycles. The summed E-state index contributed by atoms with van der Waals surface area (Å²) in [5, 5.41) is 6.58. The van der Waals surface area contributed by atoms with Crippen LogP contribution in [0, 0.1) is 0 Å². The molecule has 2 N–H and O–H groups in total. The molecule has 1 atom stereocenters. The second-order valence-electron chi connectivity index (χ2n) is 7.68. The van der Waals surface area contributed by atoms with Gasteiger partial charge in [0, 0.05) is 24.3 Å². The average molecular weight is 390 g/mol. The molecule has 148 valence electrons. The second kappa shape index (κ2) is 6.73. The van der Waals surface area contributed by atoms with Gasteiger partial charge in [0.05, 0.1) is 11.0 Å². The van der Waals surface area contributed by atoms with Crippen LogP contribution in [0.1, 0.15) is 32.3 Å². The van der Waals surface area contributed by atoms with Crippen molar-refractivity contribution in [2.75, 3.05) is 11.9 Å². The lowest BCUT2D eigenvalue weighted by atomic mass is 9.91. The maximum absolute atomic E-state index is 13.6. The predicted molar refractivity (Wildman–Crippen MR) is 100 cm³/mol. The van der Waals surface area contributed by atoms with Gasteiger partial charge in [-0.25, -0.2) is 9.97 Å². The Morgan fingerprint density at radius 2 is 2.00 bits per heavy atom. The molecule has 1 fully saturated rings. The van der Waals surface area contributed by atoms with Gasteiger partial charge in [-0.2, -0.15) is 18.2 Å². The van der Waals surface area contributed by atoms with Crippen molar-refractivity contribution in [1.82, 2.24) is 24.8 Å². The Bertz CT molecular complexity index is 985. The van der Waals surface area contributed by atoms with Crippen LogP contribution < -0.4 is 10.6 Å². The lowest BCUT2D eigenvalue weighted by molar-refractivity contribution is -0.137. The lowest BCUT2D eigenvalue weighted by Gasteiger charge is -2.36. The summed E-state index contributed by atoms with van der Waals surface area (Å²) in [6.45, 7) is 4.95. The molecular weight excluding hydrogens is 369 g/mol. The summed E-state index contributed by atoms with van der Waals surface area (Å²) in [7, 11) is 0. The molecule has 0 amide bonds. The average Bonchev–Trinajstić information content (AvgIpc) is 3.06. The first kappa shape index (κ1) is 18.7. The van der Waals surface area contributed by atoms with Crippen molar-refractivity contribution in [3.05, 3.63) is 42.4 Å². The van der Waals surface area contributed by atoms with E-state index < -0.39 is 11.7 Å². The van der Waals surface area contributed by atoms with Crippen LogP contribution in [0.15, 0.2) is 36.8 Å². The predicted octanol–water partition coefficient (Wildman–Crippen LogP) is 3.78. The van der Waals surface area contributed by atoms with Crippen LogP contribution >= 0.6 is 0 Å². The zero-order valence-corrected chi connectivity index (χ0v) is 15.6. The van der Waals surface area contributed by atoms with Gasteiger partial charge < -0.3 is 10.6 Å². The summed E-state index contributed by atoms with van der Waals surface area (Å²) in [6, 6.07) is 7.05. The minimum atomic E-state index is -4.57. The lowest BCUT2D eigenvalue weighted by Crippen LogP contribution is -2.50. The van der Waals surface area contributed by atoms with E-state index in [9.17, 15) is 13.2 Å². The van der Waals surface area contributed by atoms with Crippen molar-refractivity contribution in [3.63, 3.8) is 0 Å². The third-order valence-electron chi connectivity index (χ3n) is 5.03. The molecule has 2 aromatic heterocycles. The van der Waals surface area contributed by atoms with Crippen LogP contribution in [-0.4, -0.2) is 37.6 Å². The van der Waals surface area contributed by atoms with Crippen molar-refractivity contribution in [3.8, 4) is 5.82 Å². The Balaban J connectivity index is 1.71. The fourth-order valence-corrected chi connectivity index (χ4v) is 3.38. The van der Waals surface area contributed by atoms with Crippen molar-refractivity contribution >= 4 is 17.0 Å². The van der Waals surface area contributed by atoms with E-state index in [0.29, 0.717) is 17.6 Å². The standard InChI is InChI=1S/C19H21F3N6/c1-18(2)8-7-12(9-25-18)26-17-23-10-13(19(20,21)22)16(27-17)28-11-24-14-5-3-4-6-15(14)28/h3-6,10-12,25H,7-9H2,1-2H3,(H,23,26,27)/t12-/m0/s1. The summed E-state index contributed by atoms with van der Waals surface area (Å²) in [6.07, 6.45) is -0.552. The van der Waals surface area contributed by atoms with Gasteiger partial charge in [0.15, 0.2) is 5.82 Å². The number of hydrogen-bond donors (Lipinski definition) is 2. The summed E-state index contributed by atoms with van der Waals surface area (Å²) < 4.78 is 42.1. The van der Waals surface area contributed by atoms with Gasteiger partial charge in [-0.3, -0.25) is 4.57 Å². The quantitative estimate of drug-likeness (QED) is 0.713. The second-order valence-corrected chi connectivity index (χ2v) is 7.68. The number of halogens is 3. The van der Waals surface area contributed by atoms with Crippen LogP contribution in [0.4, 0.5) is 19.1 Å². The number of alkyl halides is 3. The molecule has 0 unspecified atom stereocenters. The Morgan fingerprint density at radius 3 is 2.71 bits per heavy atom. The van der Waals surface area contributed by atoms with E-state index in [0.717, 1.165) is 19.0 Å². The number of anilines is 1. The van der Waals surface area contributed by atoms with E-state index in [1.165, 1.54) is 10.9 Å². The van der Waals surface area contributed by atoms with E-state index in [4.69, 9.17) is 0 Å². The molecule has 1 saturated heterocycles. The monoisotopic (exact) mass is 390 g/mol. The fraction of sp³-hybridized carbons (Fsp3) is 0.421. The Labute approximate surface area is 160 Å². The zero-order valence-electron chi connectivity index (χ0n) is 15.6. The first-order valence-electron chi connectivity index (χ1n) is 9.11. The number of piperidine rings is 1. The molecule has 1 aliphatic heterocycles. The molecule has 1 aromatic carbocycles. The largest absolute Gasteiger partial charge is 0.421 e. The Hall–Kier alpha value is -2.68. The smallest absolute Gasteiger partial charge is 0.350 e. The third kappa shape index (κ3) is 3.66. The topological polar surface area (TPSA) is 67.7 Å². The normalized spacial score (nSPS) is 19.7. The van der Waals surface area contributed by atoms with Crippen molar-refractivity contribution < 1.29 is 13.2 Å². The molecule has 0 radical (unpaired) electrons. The van der Waals surface area contributed by atoms with Gasteiger partial charge in [-0.15, -0.1) is 0 Å². The third-order valence-corrected chi connectivity index (χ3v) is 5.03. The summed E-state index contributed by atoms with van der Waals surface area (Å²) in [5.74, 6) is -0.0601. The Kier molecular flexibility index (Phi) is 4.49. The highest BCUT2D eigenvalue weighted by Crippen LogP contribution is 2.34. The molecular formula is C19H21F3N6. The number of nitrogens with zero attached hydrogens (tertiary/aromatic N) is 4. The SMILES string of the molecule is CC1(C)CC[C@H](Nc2ncc(C(F)(F)F)c(-n3cnc4ccccc43)n2)CN1. The van der Waals surface area contributed by atoms with E-state index in [-0.39, 0.29) is 23.3 Å². The maximum Gasteiger partial charge on any atom is 0.421 e. The van der Waals surface area contributed by atoms with Gasteiger partial charge in [0.25, 0.3) is 0 Å². The Morgan fingerprint density at radius 1 is 1.21 bits per heavy atom. The fourth-order valence-electron chi connectivity index (χ4n) is 3.38. The van der Waals surface area contributed by atoms with Crippen molar-refractivity contribution in [2.45, 2.75) is 44.4 Å². The van der Waals surface area contributed by atoms with E-state index in [2.05, 4.69) is 39.4 Å². The van der Waals surface area contributed by atoms with Crippen LogP contribution in [0.3, 0.4) is 0 Å². The maximum atomic E-state index is 13.6. The van der Waals surface area contributed by atoms with Gasteiger partial charge in [0.1, 0.15) is 11.9 Å². The van der Waals surface area contributed by atoms with E-state index in [1.807, 2.05) is 0 Å². The number of nitrogens with one attached hydrogen (secondary N) is 2. The summed E-state index contributed by atoms with van der Waals surface area (Å²) >= 11 is 0. The molecule has 0 spiro atoms. The summed E-state index contributed by atoms with van der Waals surface area (Å²) in [5.41, 5.74) is 0.311. The minimum absolute atomic E-state index is 0.0529. The molecule has 6 nitrogen and oxygen atoms in total. The number of para-hydroxylation sites is 2. The van der Waals surface area contributed by atoms with E-state index >= 15 is 0 Å². The number of hydrogen-bond acceptors (Lipinski definition) is 5. The van der Waals surface area contributed by atoms with Crippen LogP contribution in [0.25, 0.3) is 16.9 Å². The molecule has 9 heteroatoms. The van der Waals surface area contributed by atoms with Crippen LogP contribution in [0.2, 0.25) is 0 Å². The highest BCUT2D eigenvalue weighted by Gasteiger charge is 2.36. The van der Waals surface area contributed by atoms with Crippen LogP contribution in [-0.2, 0) is 6.18 Å². The molecule has 3 aromatic rings. The number of aromatic nitrogens is 4. The van der Waals surface area contributed by atoms with E-state index in [1.54, 1.807) is 24.3 Å². The van der Waals surface area contributed by atoms with Gasteiger partial charge >= 0.3 is 6.18 Å². The van der Waals surface area contributed by atoms with Crippen molar-refractivity contribution in [2.24, 2.45) is 0 Å². The van der Waals surface area contributed by atoms with Crippen molar-refractivity contribution in [1.29, 1.82) is 0 Å². The molecule has 1 aliphatic rings. The first-order valence-corrected chi connectivity index (χ1v) is 9.11. The summed E-state index contributed by atoms with van der Waals surface area (Å²) in [4.78, 5) is 12.3. The highest BCUT2D eigenvalue weighted by molar-refractivity contribution is 5.77. The molecule has 4 rings (SSSR count). The highest BCUT2D eigenvalue weighted by atomic mass is 19.4.